The van der Waals surface area contributed by atoms with E-state index in [1.54, 1.807) is 163 Å². The summed E-state index contributed by atoms with van der Waals surface area (Å²) >= 11 is 3.44. The summed E-state index contributed by atoms with van der Waals surface area (Å²) in [5.41, 5.74) is 6.20. The molecule has 26 nitrogen and oxygen atoms in total. The van der Waals surface area contributed by atoms with Gasteiger partial charge in [0.05, 0.1) is 108 Å². The third-order valence-corrected chi connectivity index (χ3v) is 34.7. The Morgan fingerprint density at radius 1 is 0.516 bits per heavy atom. The minimum atomic E-state index is -2.20. The molecule has 0 aliphatic carbocycles. The van der Waals surface area contributed by atoms with E-state index in [0.29, 0.717) is 84.9 Å². The molecule has 0 unspecified atom stereocenters. The summed E-state index contributed by atoms with van der Waals surface area (Å²) in [4.78, 5) is 68.9. The average Bonchev–Trinajstić information content (AvgIpc) is 0.758. The number of aromatic nitrogens is 14. The molecule has 9 aromatic heterocycles. The molecule has 2 fully saturated rings. The number of carbonyl (C=O) groups is 4. The van der Waals surface area contributed by atoms with Crippen molar-refractivity contribution in [1.29, 1.82) is 5.26 Å². The van der Waals surface area contributed by atoms with Crippen molar-refractivity contribution in [2.24, 2.45) is 5.41 Å². The van der Waals surface area contributed by atoms with E-state index in [4.69, 9.17) is 32.8 Å². The van der Waals surface area contributed by atoms with Crippen molar-refractivity contribution in [2.45, 2.75) is 160 Å². The number of nitriles is 1. The number of benzene rings is 2. The van der Waals surface area contributed by atoms with Crippen LogP contribution in [0.5, 0.6) is 0 Å². The minimum absolute atomic E-state index is 0. The van der Waals surface area contributed by atoms with Crippen LogP contribution >= 0.6 is 24.0 Å². The first-order valence-electron chi connectivity index (χ1n) is 38.1. The summed E-state index contributed by atoms with van der Waals surface area (Å²) in [6.07, 6.45) is 35.2. The van der Waals surface area contributed by atoms with Gasteiger partial charge in [0, 0.05) is 92.9 Å². The number of piperidine rings is 2. The maximum Gasteiger partial charge on any atom is 1.00 e. The minimum Gasteiger partial charge on any atom is -0.870 e. The van der Waals surface area contributed by atoms with Gasteiger partial charge in [-0.3, -0.25) is 19.7 Å². The number of unbranched alkanes of at least 4 members (excludes halogenated alkanes) is 3. The van der Waals surface area contributed by atoms with E-state index in [1.165, 1.54) is 101 Å². The SMILES string of the molecule is C.C.C.C.CCC[CH2][Sn]([CH2]CCC)([CH2]CCC)[c]1ccnnc1.CCOC(=O)c1cccnc1-c1ccnnc1.CCOC(=O)c1cccnc1Cl.Cl.N#CC1(Cc2ccc(F)cc2)CCN(C(=O)c2cccnc2-c2ccnnc2)CC1.O=C(O)c1cccnc1-c1ccnnc1.[C-]#[N+]C1(Cc2ccc(F)cc2)CCNCC1.[Li+].[OH-].c1ccnnc1. The van der Waals surface area contributed by atoms with Gasteiger partial charge in [0.2, 0.25) is 5.54 Å². The molecule has 3 N–H and O–H groups in total. The first kappa shape index (κ1) is 111. The van der Waals surface area contributed by atoms with Crippen molar-refractivity contribution >= 4 is 69.8 Å². The third-order valence-electron chi connectivity index (χ3n) is 18.8. The van der Waals surface area contributed by atoms with Crippen molar-refractivity contribution in [1.82, 2.24) is 81.1 Å². The molecule has 32 heteroatoms. The van der Waals surface area contributed by atoms with Gasteiger partial charge in [0.1, 0.15) is 16.8 Å². The molecule has 2 aromatic carbocycles. The largest absolute Gasteiger partial charge is 1.00 e. The van der Waals surface area contributed by atoms with Crippen LogP contribution in [0.15, 0.2) is 220 Å². The Balaban J connectivity index is 0.00000143. The number of likely N-dealkylation sites (tertiary alicyclic amines) is 1. The Hall–Kier alpha value is -10.9. The number of esters is 2. The van der Waals surface area contributed by atoms with Crippen LogP contribution in [0.3, 0.4) is 0 Å². The maximum atomic E-state index is 13.2. The van der Waals surface area contributed by atoms with Crippen molar-refractivity contribution in [3.8, 4) is 39.8 Å². The van der Waals surface area contributed by atoms with E-state index in [9.17, 15) is 33.2 Å². The number of nitrogens with zero attached hydrogens (tertiary/aromatic N) is 17. The number of carboxylic acid groups (broad SMARTS) is 1. The Bertz CT molecular complexity index is 4760. The van der Waals surface area contributed by atoms with Gasteiger partial charge >= 0.3 is 160 Å². The van der Waals surface area contributed by atoms with E-state index in [2.05, 4.69) is 120 Å². The van der Waals surface area contributed by atoms with Gasteiger partial charge < -0.3 is 35.1 Å². The molecule has 2 saturated heterocycles. The fraction of sp³-hybridized carbons (Fsp3) is 0.356. The predicted octanol–water partition coefficient (Wildman–Crippen LogP) is 15.7. The van der Waals surface area contributed by atoms with Crippen LogP contribution < -0.4 is 27.8 Å². The smallest absolute Gasteiger partial charge is 0.870 e. The summed E-state index contributed by atoms with van der Waals surface area (Å²) in [7, 11) is 0. The van der Waals surface area contributed by atoms with Gasteiger partial charge in [-0.1, -0.05) is 65.6 Å². The summed E-state index contributed by atoms with van der Waals surface area (Å²) in [6.45, 7) is 21.3. The number of amides is 1. The number of pyridine rings is 4. The first-order chi connectivity index (χ1) is 56.0. The van der Waals surface area contributed by atoms with E-state index in [-0.39, 0.29) is 106 Å². The summed E-state index contributed by atoms with van der Waals surface area (Å²) in [5, 5.41) is 59.9. The molecule has 644 valence electrons. The second kappa shape index (κ2) is 61.4. The molecular weight excluding hydrogens is 1700 g/mol. The fourth-order valence-electron chi connectivity index (χ4n) is 12.7. The number of ether oxygens (including phenoxy) is 2. The molecule has 122 heavy (non-hydrogen) atoms. The van der Waals surface area contributed by atoms with Crippen LogP contribution in [-0.4, -0.2) is 174 Å². The predicted molar refractivity (Wildman–Crippen MR) is 473 cm³/mol. The second-order valence-corrected chi connectivity index (χ2v) is 40.3. The number of nitrogens with one attached hydrogen (secondary N) is 1. The van der Waals surface area contributed by atoms with Crippen LogP contribution in [0, 0.1) is 35.0 Å². The van der Waals surface area contributed by atoms with Gasteiger partial charge in [-0.2, -0.15) is 46.1 Å². The van der Waals surface area contributed by atoms with E-state index < -0.39 is 35.7 Å². The molecule has 1 amide bonds. The van der Waals surface area contributed by atoms with Crippen LogP contribution in [0.4, 0.5) is 8.78 Å². The zero-order valence-corrected chi connectivity index (χ0v) is 71.5. The van der Waals surface area contributed by atoms with Gasteiger partial charge in [-0.25, -0.2) is 34.7 Å². The molecule has 13 rings (SSSR count). The number of rotatable bonds is 23. The monoisotopic (exact) mass is 1810 g/mol. The maximum absolute atomic E-state index is 13.2. The molecule has 11 aromatic rings. The number of halogens is 4. The molecular formula is C90H113Cl2F2LiN18O8Sn. The van der Waals surface area contributed by atoms with E-state index in [1.807, 2.05) is 18.3 Å². The summed E-state index contributed by atoms with van der Waals surface area (Å²) in [6, 6.07) is 39.5. The Kier molecular flexibility index (Phi) is 55.9. The Morgan fingerprint density at radius 3 is 1.28 bits per heavy atom. The van der Waals surface area contributed by atoms with Crippen molar-refractivity contribution in [2.75, 3.05) is 39.4 Å². The normalized spacial score (nSPS) is 12.0. The van der Waals surface area contributed by atoms with Crippen molar-refractivity contribution in [3.05, 3.63) is 282 Å². The molecule has 0 spiro atoms. The molecule has 0 radical (unpaired) electrons. The summed E-state index contributed by atoms with van der Waals surface area (Å²) < 4.78 is 41.8. The zero-order valence-electron chi connectivity index (χ0n) is 67.1. The topological polar surface area (TPSA) is 361 Å². The van der Waals surface area contributed by atoms with E-state index >= 15 is 0 Å². The fourth-order valence-corrected chi connectivity index (χ4v) is 28.5. The van der Waals surface area contributed by atoms with Crippen molar-refractivity contribution in [3.63, 3.8) is 0 Å². The molecule has 0 saturated carbocycles. The van der Waals surface area contributed by atoms with Gasteiger partial charge in [-0.15, -0.1) is 12.4 Å². The number of carboxylic acids is 1. The van der Waals surface area contributed by atoms with Crippen LogP contribution in [0.2, 0.25) is 18.5 Å². The van der Waals surface area contributed by atoms with Crippen LogP contribution in [0.25, 0.3) is 38.6 Å². The van der Waals surface area contributed by atoms with Crippen LogP contribution in [-0.2, 0) is 22.3 Å². The zero-order chi connectivity index (χ0) is 82.4. The molecule has 0 bridgehead atoms. The molecule has 2 aliphatic heterocycles. The van der Waals surface area contributed by atoms with Crippen molar-refractivity contribution < 1.29 is 66.9 Å². The summed E-state index contributed by atoms with van der Waals surface area (Å²) in [5.74, 6) is -2.44. The molecule has 11 heterocycles. The standard InChI is InChI=1S/C23H20FN5O.C13H15FN2.C12H11N3O2.C10H7N3O2.C8H8ClNO2.C4H4N2.C4H3N2.3C4H9.4CH4.ClH.Li.H2O.Sn/c24-19-5-3-17(4-6-19)14-23(16-25)8-12-29(13-9-23)22(30)20-2-1-10-26-21(20)18-7-11-27-28-15-18;1-15-13(6-8-16-9-7-13)10-11-2-4-12(14)5-3-11;1-2-17-12(16)10-4-3-6-13-11(10)9-5-7-14-15-8-9;14-10(15)8-2-1-4-11-9(8)7-3-5-12-13-6-7;1-2-12-8(11)6-4-3-5-10-7(6)9;2*1-2-4-6-5-3-1;3*1-3-4-2;;;;;;;;/h1-7,10-11,15H,8-9,12-14H2;2-5,16H,6-10H2;3-8H,2H2,1H3;1-6H,(H,14,15);3-5H,2H2,1H3;1-4H;1,3-4H;3*1,3-4H2,2H3;4*1H4;1H;;1H2;/q;;;;;;;;;;;;;;;+1;;/p-1. The Labute approximate surface area is 744 Å². The molecule has 0 atom stereocenters. The number of carbonyl (C=O) groups excluding carboxylic acids is 3. The number of aromatic carboxylic acids is 1. The van der Waals surface area contributed by atoms with E-state index in [0.717, 1.165) is 54.6 Å². The average molecular weight is 1810 g/mol. The molecule has 2 aliphatic rings. The first-order valence-corrected chi connectivity index (χ1v) is 46.0. The van der Waals surface area contributed by atoms with Gasteiger partial charge in [0.25, 0.3) is 5.91 Å². The number of hydrogen-bond donors (Lipinski definition) is 2. The second-order valence-electron chi connectivity index (χ2n) is 26.7. The quantitative estimate of drug-likeness (QED) is 0.0260. The van der Waals surface area contributed by atoms with Crippen LogP contribution in [0.1, 0.15) is 181 Å². The van der Waals surface area contributed by atoms with Gasteiger partial charge in [0.15, 0.2) is 0 Å². The third kappa shape index (κ3) is 36.0. The van der Waals surface area contributed by atoms with Gasteiger partial charge in [-0.05, 0) is 147 Å². The number of hydrogen-bond acceptors (Lipinski definition) is 23. The Morgan fingerprint density at radius 2 is 0.902 bits per heavy atom.